The summed E-state index contributed by atoms with van der Waals surface area (Å²) in [5, 5.41) is 2.04. The van der Waals surface area contributed by atoms with E-state index in [1.807, 2.05) is 16.3 Å². The predicted octanol–water partition coefficient (Wildman–Crippen LogP) is 2.01. The number of halogens is 1. The van der Waals surface area contributed by atoms with Crippen LogP contribution in [0.15, 0.2) is 17.5 Å². The fourth-order valence-electron chi connectivity index (χ4n) is 1.61. The standard InChI is InChI=1S/C11H16N2OS.ClH/c1-8(12)11(14)13(9-4-5-9)7-10-3-2-6-15-10;/h2-3,6,8-9H,4-5,7,12H2,1H3;1H/t8-;/m1./s1. The molecule has 2 N–H and O–H groups in total. The van der Waals surface area contributed by atoms with Crippen LogP contribution in [0.5, 0.6) is 0 Å². The van der Waals surface area contributed by atoms with Gasteiger partial charge in [0.15, 0.2) is 0 Å². The number of thiophene rings is 1. The van der Waals surface area contributed by atoms with Crippen LogP contribution in [0, 0.1) is 0 Å². The van der Waals surface area contributed by atoms with Gasteiger partial charge in [-0.05, 0) is 31.2 Å². The maximum atomic E-state index is 11.9. The zero-order chi connectivity index (χ0) is 10.8. The summed E-state index contributed by atoms with van der Waals surface area (Å²) < 4.78 is 0. The average molecular weight is 261 g/mol. The Labute approximate surface area is 106 Å². The summed E-state index contributed by atoms with van der Waals surface area (Å²) >= 11 is 1.69. The lowest BCUT2D eigenvalue weighted by molar-refractivity contribution is -0.133. The first-order valence-corrected chi connectivity index (χ1v) is 6.15. The molecule has 5 heteroatoms. The first-order valence-electron chi connectivity index (χ1n) is 5.27. The van der Waals surface area contributed by atoms with Crippen molar-refractivity contribution in [2.24, 2.45) is 5.73 Å². The molecular formula is C11H17ClN2OS. The number of nitrogens with two attached hydrogens (primary N) is 1. The van der Waals surface area contributed by atoms with Gasteiger partial charge in [-0.1, -0.05) is 6.07 Å². The van der Waals surface area contributed by atoms with E-state index in [2.05, 4.69) is 6.07 Å². The van der Waals surface area contributed by atoms with Crippen LogP contribution in [0.25, 0.3) is 0 Å². The lowest BCUT2D eigenvalue weighted by Crippen LogP contribution is -2.42. The molecule has 90 valence electrons. The number of hydrogen-bond donors (Lipinski definition) is 1. The smallest absolute Gasteiger partial charge is 0.239 e. The molecule has 0 bridgehead atoms. The van der Waals surface area contributed by atoms with Crippen molar-refractivity contribution in [3.8, 4) is 0 Å². The second-order valence-corrected chi connectivity index (χ2v) is 5.10. The van der Waals surface area contributed by atoms with Gasteiger partial charge in [-0.2, -0.15) is 0 Å². The lowest BCUT2D eigenvalue weighted by Gasteiger charge is -2.23. The van der Waals surface area contributed by atoms with Crippen molar-refractivity contribution in [3.63, 3.8) is 0 Å². The Hall–Kier alpha value is -0.580. The minimum Gasteiger partial charge on any atom is -0.333 e. The molecule has 1 aromatic heterocycles. The van der Waals surface area contributed by atoms with Crippen molar-refractivity contribution >= 4 is 29.7 Å². The van der Waals surface area contributed by atoms with E-state index in [9.17, 15) is 4.79 Å². The zero-order valence-corrected chi connectivity index (χ0v) is 10.9. The molecule has 0 unspecified atom stereocenters. The van der Waals surface area contributed by atoms with E-state index in [0.29, 0.717) is 6.04 Å². The summed E-state index contributed by atoms with van der Waals surface area (Å²) in [6.07, 6.45) is 2.26. The first-order chi connectivity index (χ1) is 7.18. The van der Waals surface area contributed by atoms with E-state index in [1.54, 1.807) is 18.3 Å². The molecular weight excluding hydrogens is 244 g/mol. The van der Waals surface area contributed by atoms with Crippen molar-refractivity contribution in [2.45, 2.75) is 38.4 Å². The third-order valence-corrected chi connectivity index (χ3v) is 3.43. The van der Waals surface area contributed by atoms with Crippen LogP contribution in [-0.4, -0.2) is 22.9 Å². The van der Waals surface area contributed by atoms with Crippen molar-refractivity contribution < 1.29 is 4.79 Å². The minimum absolute atomic E-state index is 0. The number of hydrogen-bond acceptors (Lipinski definition) is 3. The largest absolute Gasteiger partial charge is 0.333 e. The lowest BCUT2D eigenvalue weighted by atomic mass is 10.3. The molecule has 3 nitrogen and oxygen atoms in total. The summed E-state index contributed by atoms with van der Waals surface area (Å²) in [5.74, 6) is 0.0749. The first kappa shape index (κ1) is 13.5. The summed E-state index contributed by atoms with van der Waals surface area (Å²) in [6.45, 7) is 2.48. The van der Waals surface area contributed by atoms with Gasteiger partial charge in [0.1, 0.15) is 0 Å². The van der Waals surface area contributed by atoms with Gasteiger partial charge in [0.05, 0.1) is 12.6 Å². The van der Waals surface area contributed by atoms with Gasteiger partial charge >= 0.3 is 0 Å². The van der Waals surface area contributed by atoms with Crippen LogP contribution in [0.2, 0.25) is 0 Å². The van der Waals surface area contributed by atoms with Crippen LogP contribution < -0.4 is 5.73 Å². The van der Waals surface area contributed by atoms with Gasteiger partial charge in [-0.15, -0.1) is 23.7 Å². The summed E-state index contributed by atoms with van der Waals surface area (Å²) in [5.41, 5.74) is 5.64. The fraction of sp³-hybridized carbons (Fsp3) is 0.545. The van der Waals surface area contributed by atoms with E-state index < -0.39 is 0 Å². The van der Waals surface area contributed by atoms with E-state index in [1.165, 1.54) is 4.88 Å². The molecule has 16 heavy (non-hydrogen) atoms. The molecule has 0 aromatic carbocycles. The molecule has 0 saturated heterocycles. The number of carbonyl (C=O) groups excluding carboxylic acids is 1. The highest BCUT2D eigenvalue weighted by atomic mass is 35.5. The molecule has 1 aromatic rings. The van der Waals surface area contributed by atoms with Crippen LogP contribution in [0.4, 0.5) is 0 Å². The van der Waals surface area contributed by atoms with Gasteiger partial charge in [0, 0.05) is 10.9 Å². The highest BCUT2D eigenvalue weighted by Crippen LogP contribution is 2.29. The second kappa shape index (κ2) is 5.66. The average Bonchev–Trinajstić information content (AvgIpc) is 2.92. The molecule has 1 fully saturated rings. The Morgan fingerprint density at radius 1 is 1.69 bits per heavy atom. The van der Waals surface area contributed by atoms with Gasteiger partial charge in [0.2, 0.25) is 5.91 Å². The quantitative estimate of drug-likeness (QED) is 0.900. The topological polar surface area (TPSA) is 46.3 Å². The molecule has 2 rings (SSSR count). The monoisotopic (exact) mass is 260 g/mol. The molecule has 1 aliphatic rings. The summed E-state index contributed by atoms with van der Waals surface area (Å²) in [7, 11) is 0. The highest BCUT2D eigenvalue weighted by molar-refractivity contribution is 7.09. The molecule has 1 atom stereocenters. The van der Waals surface area contributed by atoms with E-state index in [4.69, 9.17) is 5.73 Å². The molecule has 1 saturated carbocycles. The van der Waals surface area contributed by atoms with Crippen LogP contribution in [-0.2, 0) is 11.3 Å². The Bertz CT molecular complexity index is 336. The SMILES string of the molecule is C[C@@H](N)C(=O)N(Cc1cccs1)C1CC1.Cl. The normalized spacial score (nSPS) is 16.4. The Kier molecular flexibility index (Phi) is 4.77. The highest BCUT2D eigenvalue weighted by Gasteiger charge is 2.33. The maximum absolute atomic E-state index is 11.9. The van der Waals surface area contributed by atoms with Gasteiger partial charge in [-0.3, -0.25) is 4.79 Å². The van der Waals surface area contributed by atoms with E-state index in [-0.39, 0.29) is 24.4 Å². The van der Waals surface area contributed by atoms with Crippen molar-refractivity contribution in [1.29, 1.82) is 0 Å². The van der Waals surface area contributed by atoms with Crippen LogP contribution in [0.1, 0.15) is 24.6 Å². The Balaban J connectivity index is 0.00000128. The minimum atomic E-state index is -0.384. The third-order valence-electron chi connectivity index (χ3n) is 2.57. The number of carbonyl (C=O) groups is 1. The summed E-state index contributed by atoms with van der Waals surface area (Å²) in [6, 6.07) is 4.13. The van der Waals surface area contributed by atoms with Gasteiger partial charge < -0.3 is 10.6 Å². The Morgan fingerprint density at radius 2 is 2.38 bits per heavy atom. The third kappa shape index (κ3) is 3.20. The number of rotatable bonds is 4. The van der Waals surface area contributed by atoms with Crippen LogP contribution in [0.3, 0.4) is 0 Å². The van der Waals surface area contributed by atoms with E-state index in [0.717, 1.165) is 19.4 Å². The Morgan fingerprint density at radius 3 is 2.81 bits per heavy atom. The van der Waals surface area contributed by atoms with Crippen molar-refractivity contribution in [2.75, 3.05) is 0 Å². The van der Waals surface area contributed by atoms with Gasteiger partial charge in [-0.25, -0.2) is 0 Å². The van der Waals surface area contributed by atoms with Gasteiger partial charge in [0.25, 0.3) is 0 Å². The number of amides is 1. The predicted molar refractivity (Wildman–Crippen MR) is 68.8 cm³/mol. The molecule has 1 amide bonds. The molecule has 1 aliphatic carbocycles. The molecule has 0 aliphatic heterocycles. The molecule has 1 heterocycles. The zero-order valence-electron chi connectivity index (χ0n) is 9.26. The molecule has 0 radical (unpaired) electrons. The number of nitrogens with zero attached hydrogens (tertiary/aromatic N) is 1. The fourth-order valence-corrected chi connectivity index (χ4v) is 2.31. The van der Waals surface area contributed by atoms with E-state index >= 15 is 0 Å². The van der Waals surface area contributed by atoms with Crippen molar-refractivity contribution in [3.05, 3.63) is 22.4 Å². The molecule has 0 spiro atoms. The van der Waals surface area contributed by atoms with Crippen molar-refractivity contribution in [1.82, 2.24) is 4.90 Å². The van der Waals surface area contributed by atoms with Crippen LogP contribution >= 0.6 is 23.7 Å². The maximum Gasteiger partial charge on any atom is 0.239 e. The second-order valence-electron chi connectivity index (χ2n) is 4.07. The summed E-state index contributed by atoms with van der Waals surface area (Å²) in [4.78, 5) is 15.0.